The zero-order valence-electron chi connectivity index (χ0n) is 20.0. The second-order valence-electron chi connectivity index (χ2n) is 9.55. The molecule has 0 spiro atoms. The van der Waals surface area contributed by atoms with Crippen molar-refractivity contribution in [2.75, 3.05) is 24.5 Å². The molecule has 2 saturated heterocycles. The normalized spacial score (nSPS) is 18.7. The van der Waals surface area contributed by atoms with Gasteiger partial charge in [-0.25, -0.2) is 0 Å². The summed E-state index contributed by atoms with van der Waals surface area (Å²) < 4.78 is 5.36. The van der Waals surface area contributed by atoms with E-state index in [4.69, 9.17) is 4.52 Å². The molecule has 2 fully saturated rings. The molecule has 35 heavy (non-hydrogen) atoms. The molecule has 5 rings (SSSR count). The lowest BCUT2D eigenvalue weighted by atomic mass is 10.1. The fraction of sp³-hybridized carbons (Fsp3) is 0.393. The van der Waals surface area contributed by atoms with Gasteiger partial charge in [-0.05, 0) is 55.6 Å². The molecule has 3 heterocycles. The minimum Gasteiger partial charge on any atom is -0.361 e. The molecule has 7 nitrogen and oxygen atoms in total. The van der Waals surface area contributed by atoms with Crippen LogP contribution in [-0.2, 0) is 24.2 Å². The van der Waals surface area contributed by atoms with Crippen LogP contribution in [0.5, 0.6) is 0 Å². The summed E-state index contributed by atoms with van der Waals surface area (Å²) in [5.74, 6) is 0.381. The molecule has 2 amide bonds. The van der Waals surface area contributed by atoms with E-state index in [0.29, 0.717) is 18.7 Å². The highest BCUT2D eigenvalue weighted by Crippen LogP contribution is 2.23. The van der Waals surface area contributed by atoms with Crippen molar-refractivity contribution in [1.29, 1.82) is 0 Å². The quantitative estimate of drug-likeness (QED) is 0.537. The van der Waals surface area contributed by atoms with E-state index in [1.807, 2.05) is 30.3 Å². The van der Waals surface area contributed by atoms with Gasteiger partial charge in [0.25, 0.3) is 5.91 Å². The van der Waals surface area contributed by atoms with Crippen molar-refractivity contribution in [2.45, 2.75) is 51.1 Å². The Balaban J connectivity index is 1.13. The highest BCUT2D eigenvalue weighted by Gasteiger charge is 2.32. The van der Waals surface area contributed by atoms with Crippen LogP contribution in [0.1, 0.15) is 53.1 Å². The molecule has 7 heteroatoms. The first-order valence-corrected chi connectivity index (χ1v) is 12.6. The molecule has 1 aromatic heterocycles. The Morgan fingerprint density at radius 3 is 2.51 bits per heavy atom. The van der Waals surface area contributed by atoms with E-state index in [-0.39, 0.29) is 30.0 Å². The Labute approximate surface area is 206 Å². The zero-order chi connectivity index (χ0) is 24.0. The molecule has 0 saturated carbocycles. The lowest BCUT2D eigenvalue weighted by Gasteiger charge is -2.26. The molecular weight excluding hydrogens is 440 g/mol. The maximum atomic E-state index is 12.7. The maximum Gasteiger partial charge on any atom is 0.273 e. The summed E-state index contributed by atoms with van der Waals surface area (Å²) in [4.78, 5) is 29.6. The van der Waals surface area contributed by atoms with Crippen molar-refractivity contribution >= 4 is 17.5 Å². The third-order valence-electron chi connectivity index (χ3n) is 6.86. The number of rotatable bonds is 8. The molecule has 0 aliphatic carbocycles. The van der Waals surface area contributed by atoms with Gasteiger partial charge in [0.05, 0.1) is 6.04 Å². The van der Waals surface area contributed by atoms with E-state index in [2.05, 4.69) is 39.6 Å². The first kappa shape index (κ1) is 23.3. The predicted octanol–water partition coefficient (Wildman–Crippen LogP) is 3.98. The van der Waals surface area contributed by atoms with Gasteiger partial charge in [0.15, 0.2) is 5.69 Å². The molecule has 0 radical (unpaired) electrons. The van der Waals surface area contributed by atoms with Gasteiger partial charge in [0.1, 0.15) is 5.76 Å². The van der Waals surface area contributed by atoms with Crippen LogP contribution in [0.25, 0.3) is 0 Å². The van der Waals surface area contributed by atoms with Crippen LogP contribution in [0.4, 0.5) is 5.69 Å². The molecule has 2 aliphatic rings. The largest absolute Gasteiger partial charge is 0.361 e. The maximum absolute atomic E-state index is 12.7. The van der Waals surface area contributed by atoms with E-state index < -0.39 is 0 Å². The van der Waals surface area contributed by atoms with Gasteiger partial charge in [-0.1, -0.05) is 54.0 Å². The SMILES string of the molecule is O=C(NC1CC(=O)N(c2ccc(CN3CCCCC3)cc2)C1)c1cc(CCc2ccccc2)on1. The third kappa shape index (κ3) is 5.98. The van der Waals surface area contributed by atoms with E-state index in [1.165, 1.54) is 30.4 Å². The number of aromatic nitrogens is 1. The number of carbonyl (C=O) groups is 2. The standard InChI is InChI=1S/C28H32N4O3/c33-27-17-23(20-32(27)24-12-9-22(10-13-24)19-31-15-5-2-6-16-31)29-28(34)26-18-25(35-30-26)14-11-21-7-3-1-4-8-21/h1,3-4,7-10,12-13,18,23H,2,5-6,11,14-17,19-20H2,(H,29,34). The summed E-state index contributed by atoms with van der Waals surface area (Å²) in [5.41, 5.74) is 3.60. The summed E-state index contributed by atoms with van der Waals surface area (Å²) in [7, 11) is 0. The van der Waals surface area contributed by atoms with Crippen molar-refractivity contribution in [3.63, 3.8) is 0 Å². The average molecular weight is 473 g/mol. The Bertz CT molecular complexity index is 1140. The minimum absolute atomic E-state index is 0.0165. The van der Waals surface area contributed by atoms with Crippen molar-refractivity contribution < 1.29 is 14.1 Å². The number of benzene rings is 2. The molecule has 1 atom stereocenters. The van der Waals surface area contributed by atoms with Crippen molar-refractivity contribution in [3.8, 4) is 0 Å². The summed E-state index contributed by atoms with van der Waals surface area (Å²) in [6.45, 7) is 3.73. The smallest absolute Gasteiger partial charge is 0.273 e. The van der Waals surface area contributed by atoms with Crippen LogP contribution in [0.15, 0.2) is 65.2 Å². The summed E-state index contributed by atoms with van der Waals surface area (Å²) in [6, 6.07) is 19.8. The number of aryl methyl sites for hydroxylation is 2. The number of anilines is 1. The van der Waals surface area contributed by atoms with Gasteiger partial charge in [-0.15, -0.1) is 0 Å². The van der Waals surface area contributed by atoms with Gasteiger partial charge < -0.3 is 14.7 Å². The molecular formula is C28H32N4O3. The highest BCUT2D eigenvalue weighted by atomic mass is 16.5. The van der Waals surface area contributed by atoms with Crippen molar-refractivity contribution in [1.82, 2.24) is 15.4 Å². The molecule has 3 aromatic rings. The summed E-state index contributed by atoms with van der Waals surface area (Å²) in [6.07, 6.45) is 5.65. The first-order valence-electron chi connectivity index (χ1n) is 12.6. The van der Waals surface area contributed by atoms with Crippen molar-refractivity contribution in [2.24, 2.45) is 0 Å². The second-order valence-corrected chi connectivity index (χ2v) is 9.55. The van der Waals surface area contributed by atoms with Crippen LogP contribution in [0.3, 0.4) is 0 Å². The molecule has 0 bridgehead atoms. The van der Waals surface area contributed by atoms with Crippen LogP contribution >= 0.6 is 0 Å². The number of likely N-dealkylation sites (tertiary alicyclic amines) is 1. The number of nitrogens with zero attached hydrogens (tertiary/aromatic N) is 3. The van der Waals surface area contributed by atoms with E-state index in [1.54, 1.807) is 11.0 Å². The van der Waals surface area contributed by atoms with Gasteiger partial charge in [-0.3, -0.25) is 14.5 Å². The van der Waals surface area contributed by atoms with E-state index >= 15 is 0 Å². The van der Waals surface area contributed by atoms with Gasteiger partial charge in [0.2, 0.25) is 5.91 Å². The van der Waals surface area contributed by atoms with E-state index in [0.717, 1.165) is 31.7 Å². The number of hydrogen-bond acceptors (Lipinski definition) is 5. The number of nitrogens with one attached hydrogen (secondary N) is 1. The number of carbonyl (C=O) groups excluding carboxylic acids is 2. The second kappa shape index (κ2) is 10.9. The lowest BCUT2D eigenvalue weighted by Crippen LogP contribution is -2.37. The number of amides is 2. The molecule has 1 unspecified atom stereocenters. The fourth-order valence-corrected chi connectivity index (χ4v) is 4.92. The van der Waals surface area contributed by atoms with Crippen LogP contribution in [-0.4, -0.2) is 47.5 Å². The Hall–Kier alpha value is -3.45. The molecule has 2 aliphatic heterocycles. The Kier molecular flexibility index (Phi) is 7.23. The topological polar surface area (TPSA) is 78.7 Å². The highest BCUT2D eigenvalue weighted by molar-refractivity contribution is 5.98. The van der Waals surface area contributed by atoms with E-state index in [9.17, 15) is 9.59 Å². The summed E-state index contributed by atoms with van der Waals surface area (Å²) >= 11 is 0. The van der Waals surface area contributed by atoms with Crippen LogP contribution < -0.4 is 10.2 Å². The summed E-state index contributed by atoms with van der Waals surface area (Å²) in [5, 5.41) is 6.88. The molecule has 1 N–H and O–H groups in total. The Morgan fingerprint density at radius 1 is 0.971 bits per heavy atom. The minimum atomic E-state index is -0.309. The number of piperidine rings is 1. The molecule has 182 valence electrons. The van der Waals surface area contributed by atoms with Crippen LogP contribution in [0.2, 0.25) is 0 Å². The number of hydrogen-bond donors (Lipinski definition) is 1. The van der Waals surface area contributed by atoms with Crippen LogP contribution in [0, 0.1) is 0 Å². The van der Waals surface area contributed by atoms with Gasteiger partial charge in [-0.2, -0.15) is 0 Å². The fourth-order valence-electron chi connectivity index (χ4n) is 4.92. The van der Waals surface area contributed by atoms with Gasteiger partial charge in [0, 0.05) is 37.7 Å². The van der Waals surface area contributed by atoms with Crippen molar-refractivity contribution in [3.05, 3.63) is 83.2 Å². The zero-order valence-corrected chi connectivity index (χ0v) is 20.0. The first-order chi connectivity index (χ1) is 17.1. The average Bonchev–Trinajstić information content (AvgIpc) is 3.51. The van der Waals surface area contributed by atoms with Gasteiger partial charge >= 0.3 is 0 Å². The molecule has 2 aromatic carbocycles. The lowest BCUT2D eigenvalue weighted by molar-refractivity contribution is -0.117. The third-order valence-corrected chi connectivity index (χ3v) is 6.86. The predicted molar refractivity (Wildman–Crippen MR) is 134 cm³/mol. The monoisotopic (exact) mass is 472 g/mol. The Morgan fingerprint density at radius 2 is 1.74 bits per heavy atom.